The Balaban J connectivity index is 2.08. The predicted octanol–water partition coefficient (Wildman–Crippen LogP) is 3.27. The Labute approximate surface area is 138 Å². The van der Waals surface area contributed by atoms with Gasteiger partial charge in [-0.25, -0.2) is 4.79 Å². The van der Waals surface area contributed by atoms with Crippen LogP contribution in [-0.4, -0.2) is 46.5 Å². The van der Waals surface area contributed by atoms with Crippen molar-refractivity contribution in [2.45, 2.75) is 32.1 Å². The van der Waals surface area contributed by atoms with Gasteiger partial charge in [-0.2, -0.15) is 0 Å². The zero-order valence-corrected chi connectivity index (χ0v) is 14.2. The first kappa shape index (κ1) is 17.6. The van der Waals surface area contributed by atoms with Crippen LogP contribution in [0.4, 0.5) is 5.69 Å². The van der Waals surface area contributed by atoms with Crippen molar-refractivity contribution in [1.29, 1.82) is 0 Å². The number of anilines is 1. The summed E-state index contributed by atoms with van der Waals surface area (Å²) in [5.74, 6) is 0.249. The van der Waals surface area contributed by atoms with Crippen LogP contribution in [-0.2, 0) is 9.47 Å². The van der Waals surface area contributed by atoms with E-state index in [1.54, 1.807) is 13.2 Å². The Kier molecular flexibility index (Phi) is 7.20. The molecule has 1 aliphatic rings. The smallest absolute Gasteiger partial charge is 0.341 e. The molecular formula is C18H27NO4. The second kappa shape index (κ2) is 9.40. The van der Waals surface area contributed by atoms with Crippen LogP contribution in [0.1, 0.15) is 42.5 Å². The number of piperidine rings is 1. The standard InChI is InChI=1S/C18H27NO4/c1-21-12-6-7-13-23-17-14-15(19-10-4-3-5-11-19)8-9-16(17)18(20)22-2/h8-9,14H,3-7,10-13H2,1-2H3. The van der Waals surface area contributed by atoms with Crippen molar-refractivity contribution in [2.24, 2.45) is 0 Å². The summed E-state index contributed by atoms with van der Waals surface area (Å²) in [6.07, 6.45) is 5.55. The molecule has 2 rings (SSSR count). The van der Waals surface area contributed by atoms with Gasteiger partial charge >= 0.3 is 5.97 Å². The maximum atomic E-state index is 11.9. The molecule has 0 spiro atoms. The highest BCUT2D eigenvalue weighted by molar-refractivity contribution is 5.93. The zero-order chi connectivity index (χ0) is 16.5. The third-order valence-corrected chi connectivity index (χ3v) is 4.09. The molecule has 1 aliphatic heterocycles. The van der Waals surface area contributed by atoms with Gasteiger partial charge in [-0.1, -0.05) is 0 Å². The van der Waals surface area contributed by atoms with Crippen LogP contribution in [0.2, 0.25) is 0 Å². The molecule has 5 heteroatoms. The largest absolute Gasteiger partial charge is 0.493 e. The molecule has 0 N–H and O–H groups in total. The molecule has 1 saturated heterocycles. The molecule has 5 nitrogen and oxygen atoms in total. The lowest BCUT2D eigenvalue weighted by atomic mass is 10.1. The number of hydrogen-bond donors (Lipinski definition) is 0. The van der Waals surface area contributed by atoms with Crippen molar-refractivity contribution in [3.8, 4) is 5.75 Å². The first-order valence-electron chi connectivity index (χ1n) is 8.35. The van der Waals surface area contributed by atoms with Crippen molar-refractivity contribution >= 4 is 11.7 Å². The number of hydrogen-bond acceptors (Lipinski definition) is 5. The first-order chi connectivity index (χ1) is 11.3. The van der Waals surface area contributed by atoms with Gasteiger partial charge in [0.15, 0.2) is 0 Å². The quantitative estimate of drug-likeness (QED) is 0.543. The molecule has 1 aromatic carbocycles. The van der Waals surface area contributed by atoms with Crippen LogP contribution in [0.5, 0.6) is 5.75 Å². The predicted molar refractivity (Wildman–Crippen MR) is 90.5 cm³/mol. The summed E-state index contributed by atoms with van der Waals surface area (Å²) in [7, 11) is 3.08. The molecule has 0 bridgehead atoms. The second-order valence-corrected chi connectivity index (χ2v) is 5.77. The Morgan fingerprint density at radius 2 is 1.83 bits per heavy atom. The van der Waals surface area contributed by atoms with E-state index < -0.39 is 0 Å². The molecule has 0 amide bonds. The van der Waals surface area contributed by atoms with Crippen LogP contribution in [0.3, 0.4) is 0 Å². The molecule has 0 aromatic heterocycles. The van der Waals surface area contributed by atoms with Gasteiger partial charge in [-0.05, 0) is 44.2 Å². The lowest BCUT2D eigenvalue weighted by Gasteiger charge is -2.29. The summed E-state index contributed by atoms with van der Waals surface area (Å²) < 4.78 is 15.7. The summed E-state index contributed by atoms with van der Waals surface area (Å²) in [6, 6.07) is 5.75. The number of nitrogens with zero attached hydrogens (tertiary/aromatic N) is 1. The van der Waals surface area contributed by atoms with Crippen LogP contribution in [0.15, 0.2) is 18.2 Å². The topological polar surface area (TPSA) is 48.0 Å². The molecule has 0 unspecified atom stereocenters. The molecule has 1 heterocycles. The lowest BCUT2D eigenvalue weighted by Crippen LogP contribution is -2.29. The summed E-state index contributed by atoms with van der Waals surface area (Å²) >= 11 is 0. The Hall–Kier alpha value is -1.75. The van der Waals surface area contributed by atoms with E-state index in [0.29, 0.717) is 17.9 Å². The van der Waals surface area contributed by atoms with Crippen molar-refractivity contribution in [1.82, 2.24) is 0 Å². The van der Waals surface area contributed by atoms with Crippen molar-refractivity contribution in [3.05, 3.63) is 23.8 Å². The van der Waals surface area contributed by atoms with Crippen LogP contribution in [0, 0.1) is 0 Å². The van der Waals surface area contributed by atoms with Gasteiger partial charge in [0.1, 0.15) is 11.3 Å². The van der Waals surface area contributed by atoms with Gasteiger partial charge in [0.05, 0.1) is 13.7 Å². The minimum atomic E-state index is -0.359. The normalized spacial score (nSPS) is 14.6. The second-order valence-electron chi connectivity index (χ2n) is 5.77. The van der Waals surface area contributed by atoms with Crippen LogP contribution in [0.25, 0.3) is 0 Å². The van der Waals surface area contributed by atoms with Gasteiger partial charge in [0, 0.05) is 38.6 Å². The van der Waals surface area contributed by atoms with E-state index in [2.05, 4.69) is 4.90 Å². The van der Waals surface area contributed by atoms with E-state index in [1.165, 1.54) is 26.4 Å². The van der Waals surface area contributed by atoms with E-state index >= 15 is 0 Å². The lowest BCUT2D eigenvalue weighted by molar-refractivity contribution is 0.0596. The number of benzene rings is 1. The number of ether oxygens (including phenoxy) is 3. The summed E-state index contributed by atoms with van der Waals surface area (Å²) in [4.78, 5) is 14.3. The highest BCUT2D eigenvalue weighted by Gasteiger charge is 2.17. The fourth-order valence-corrected chi connectivity index (χ4v) is 2.79. The Morgan fingerprint density at radius 1 is 1.09 bits per heavy atom. The summed E-state index contributed by atoms with van der Waals surface area (Å²) in [6.45, 7) is 3.41. The fourth-order valence-electron chi connectivity index (χ4n) is 2.79. The van der Waals surface area contributed by atoms with Gasteiger partial charge in [-0.3, -0.25) is 0 Å². The van der Waals surface area contributed by atoms with E-state index in [1.807, 2.05) is 12.1 Å². The van der Waals surface area contributed by atoms with Crippen LogP contribution < -0.4 is 9.64 Å². The van der Waals surface area contributed by atoms with E-state index in [-0.39, 0.29) is 5.97 Å². The molecule has 128 valence electrons. The van der Waals surface area contributed by atoms with Gasteiger partial charge in [-0.15, -0.1) is 0 Å². The SMILES string of the molecule is COCCCCOc1cc(N2CCCCC2)ccc1C(=O)OC. The average molecular weight is 321 g/mol. The highest BCUT2D eigenvalue weighted by Crippen LogP contribution is 2.28. The van der Waals surface area contributed by atoms with Gasteiger partial charge < -0.3 is 19.1 Å². The highest BCUT2D eigenvalue weighted by atomic mass is 16.5. The minimum Gasteiger partial charge on any atom is -0.493 e. The van der Waals surface area contributed by atoms with E-state index in [9.17, 15) is 4.79 Å². The molecule has 0 atom stereocenters. The number of rotatable bonds is 8. The molecule has 0 radical (unpaired) electrons. The first-order valence-corrected chi connectivity index (χ1v) is 8.35. The number of esters is 1. The number of methoxy groups -OCH3 is 2. The molecule has 0 aliphatic carbocycles. The van der Waals surface area contributed by atoms with Gasteiger partial charge in [0.25, 0.3) is 0 Å². The van der Waals surface area contributed by atoms with Crippen molar-refractivity contribution < 1.29 is 19.0 Å². The fraction of sp³-hybridized carbons (Fsp3) is 0.611. The molecule has 23 heavy (non-hydrogen) atoms. The minimum absolute atomic E-state index is 0.359. The maximum absolute atomic E-state index is 11.9. The third kappa shape index (κ3) is 5.13. The summed E-state index contributed by atoms with van der Waals surface area (Å²) in [5, 5.41) is 0. The third-order valence-electron chi connectivity index (χ3n) is 4.09. The maximum Gasteiger partial charge on any atom is 0.341 e. The monoisotopic (exact) mass is 321 g/mol. The van der Waals surface area contributed by atoms with Crippen molar-refractivity contribution in [3.63, 3.8) is 0 Å². The average Bonchev–Trinajstić information content (AvgIpc) is 2.61. The summed E-state index contributed by atoms with van der Waals surface area (Å²) in [5.41, 5.74) is 1.60. The number of carbonyl (C=O) groups is 1. The van der Waals surface area contributed by atoms with Crippen molar-refractivity contribution in [2.75, 3.05) is 45.4 Å². The van der Waals surface area contributed by atoms with Crippen LogP contribution >= 0.6 is 0 Å². The van der Waals surface area contributed by atoms with E-state index in [0.717, 1.165) is 38.2 Å². The van der Waals surface area contributed by atoms with Gasteiger partial charge in [0.2, 0.25) is 0 Å². The Bertz CT molecular complexity index is 498. The number of carbonyl (C=O) groups excluding carboxylic acids is 1. The molecule has 1 fully saturated rings. The number of unbranched alkanes of at least 4 members (excludes halogenated alkanes) is 1. The van der Waals surface area contributed by atoms with E-state index in [4.69, 9.17) is 14.2 Å². The molecule has 0 saturated carbocycles. The Morgan fingerprint density at radius 3 is 2.52 bits per heavy atom. The molecular weight excluding hydrogens is 294 g/mol. The zero-order valence-electron chi connectivity index (χ0n) is 14.2. The molecule has 1 aromatic rings.